The molecule has 17 heavy (non-hydrogen) atoms. The van der Waals surface area contributed by atoms with Gasteiger partial charge in [-0.05, 0) is 26.7 Å². The van der Waals surface area contributed by atoms with Crippen LogP contribution in [-0.2, 0) is 6.54 Å². The van der Waals surface area contributed by atoms with E-state index >= 15 is 0 Å². The molecule has 90 valence electrons. The lowest BCUT2D eigenvalue weighted by atomic mass is 10.4. The minimum Gasteiger partial charge on any atom is -0.354 e. The Morgan fingerprint density at radius 2 is 2.12 bits per heavy atom. The van der Waals surface area contributed by atoms with Gasteiger partial charge in [0.25, 0.3) is 0 Å². The molecule has 0 spiro atoms. The van der Waals surface area contributed by atoms with Crippen LogP contribution in [0.1, 0.15) is 40.2 Å². The first-order valence-corrected chi connectivity index (χ1v) is 7.32. The van der Waals surface area contributed by atoms with Gasteiger partial charge in [0.05, 0.1) is 12.2 Å². The van der Waals surface area contributed by atoms with Gasteiger partial charge in [0.2, 0.25) is 5.13 Å². The molecule has 2 aromatic rings. The molecule has 1 saturated carbocycles. The molecular weight excluding hydrogens is 252 g/mol. The number of nitrogens with zero attached hydrogens (tertiary/aromatic N) is 3. The van der Waals surface area contributed by atoms with Gasteiger partial charge >= 0.3 is 0 Å². The molecule has 2 heterocycles. The zero-order valence-corrected chi connectivity index (χ0v) is 11.5. The first-order valence-electron chi connectivity index (χ1n) is 5.73. The molecule has 0 amide bonds. The SMILES string of the molecule is Cc1nc(CNc2nc(C3CC3)ns2)sc1C. The molecule has 1 aliphatic rings. The van der Waals surface area contributed by atoms with Gasteiger partial charge in [0.15, 0.2) is 0 Å². The number of nitrogens with one attached hydrogen (secondary N) is 1. The molecule has 2 aromatic heterocycles. The second-order valence-electron chi connectivity index (χ2n) is 4.33. The van der Waals surface area contributed by atoms with Crippen LogP contribution in [0.15, 0.2) is 0 Å². The van der Waals surface area contributed by atoms with E-state index in [4.69, 9.17) is 0 Å². The molecule has 0 unspecified atom stereocenters. The average Bonchev–Trinajstić information content (AvgIpc) is 2.96. The van der Waals surface area contributed by atoms with E-state index in [1.54, 1.807) is 11.3 Å². The van der Waals surface area contributed by atoms with Gasteiger partial charge in [-0.1, -0.05) is 0 Å². The van der Waals surface area contributed by atoms with Crippen LogP contribution in [0.25, 0.3) is 0 Å². The van der Waals surface area contributed by atoms with Crippen molar-refractivity contribution in [3.8, 4) is 0 Å². The van der Waals surface area contributed by atoms with Crippen LogP contribution in [0, 0.1) is 13.8 Å². The van der Waals surface area contributed by atoms with Gasteiger partial charge in [-0.25, -0.2) is 9.97 Å². The van der Waals surface area contributed by atoms with Crippen molar-refractivity contribution in [1.82, 2.24) is 14.3 Å². The van der Waals surface area contributed by atoms with E-state index < -0.39 is 0 Å². The molecule has 0 atom stereocenters. The normalized spacial score (nSPS) is 15.2. The van der Waals surface area contributed by atoms with E-state index in [2.05, 4.69) is 26.6 Å². The number of aryl methyl sites for hydroxylation is 2. The summed E-state index contributed by atoms with van der Waals surface area (Å²) in [4.78, 5) is 10.3. The van der Waals surface area contributed by atoms with Gasteiger partial charge < -0.3 is 5.32 Å². The Morgan fingerprint density at radius 1 is 1.29 bits per heavy atom. The molecule has 0 aromatic carbocycles. The van der Waals surface area contributed by atoms with E-state index in [1.165, 1.54) is 29.3 Å². The minimum absolute atomic E-state index is 0.631. The fourth-order valence-corrected chi connectivity index (χ4v) is 3.09. The topological polar surface area (TPSA) is 50.7 Å². The standard InChI is InChI=1S/C11H14N4S2/c1-6-7(2)16-9(13-6)5-12-11-14-10(15-17-11)8-3-4-8/h8H,3-5H2,1-2H3,(H,12,14,15). The zero-order valence-electron chi connectivity index (χ0n) is 9.86. The predicted molar refractivity (Wildman–Crippen MR) is 70.8 cm³/mol. The maximum Gasteiger partial charge on any atom is 0.202 e. The summed E-state index contributed by atoms with van der Waals surface area (Å²) in [7, 11) is 0. The summed E-state index contributed by atoms with van der Waals surface area (Å²) >= 11 is 3.19. The van der Waals surface area contributed by atoms with Crippen LogP contribution < -0.4 is 5.32 Å². The van der Waals surface area contributed by atoms with Crippen molar-refractivity contribution in [2.24, 2.45) is 0 Å². The van der Waals surface area contributed by atoms with Gasteiger partial charge in [0.1, 0.15) is 10.8 Å². The molecule has 1 N–H and O–H groups in total. The van der Waals surface area contributed by atoms with Crippen LogP contribution in [-0.4, -0.2) is 14.3 Å². The number of hydrogen-bond acceptors (Lipinski definition) is 6. The highest BCUT2D eigenvalue weighted by atomic mass is 32.1. The Labute approximate surface area is 108 Å². The van der Waals surface area contributed by atoms with Crippen LogP contribution in [0.4, 0.5) is 5.13 Å². The van der Waals surface area contributed by atoms with Crippen molar-refractivity contribution in [2.75, 3.05) is 5.32 Å². The van der Waals surface area contributed by atoms with Gasteiger partial charge in [0, 0.05) is 22.3 Å². The third kappa shape index (κ3) is 2.47. The molecule has 0 bridgehead atoms. The fourth-order valence-electron chi connectivity index (χ4n) is 1.58. The summed E-state index contributed by atoms with van der Waals surface area (Å²) < 4.78 is 4.36. The van der Waals surface area contributed by atoms with E-state index in [1.807, 2.05) is 6.92 Å². The minimum atomic E-state index is 0.631. The van der Waals surface area contributed by atoms with Gasteiger partial charge in [-0.15, -0.1) is 11.3 Å². The summed E-state index contributed by atoms with van der Waals surface area (Å²) in [6.07, 6.45) is 2.50. The summed E-state index contributed by atoms with van der Waals surface area (Å²) in [5, 5.41) is 5.33. The molecule has 6 heteroatoms. The maximum absolute atomic E-state index is 4.49. The van der Waals surface area contributed by atoms with Crippen molar-refractivity contribution >= 4 is 28.0 Å². The number of anilines is 1. The molecular formula is C11H14N4S2. The predicted octanol–water partition coefficient (Wildman–Crippen LogP) is 3.10. The third-order valence-electron chi connectivity index (χ3n) is 2.85. The number of hydrogen-bond donors (Lipinski definition) is 1. The Kier molecular flexibility index (Phi) is 2.84. The maximum atomic E-state index is 4.49. The molecule has 0 aliphatic heterocycles. The van der Waals surface area contributed by atoms with E-state index in [-0.39, 0.29) is 0 Å². The summed E-state index contributed by atoms with van der Waals surface area (Å²) in [5.74, 6) is 1.65. The van der Waals surface area contributed by atoms with Crippen LogP contribution in [0.3, 0.4) is 0 Å². The second-order valence-corrected chi connectivity index (χ2v) is 6.37. The number of rotatable bonds is 4. The first kappa shape index (κ1) is 11.1. The largest absolute Gasteiger partial charge is 0.354 e. The summed E-state index contributed by atoms with van der Waals surface area (Å²) in [6, 6.07) is 0. The lowest BCUT2D eigenvalue weighted by molar-refractivity contribution is 0.977. The highest BCUT2D eigenvalue weighted by molar-refractivity contribution is 7.11. The van der Waals surface area contributed by atoms with Crippen molar-refractivity contribution in [2.45, 2.75) is 39.2 Å². The van der Waals surface area contributed by atoms with Crippen LogP contribution >= 0.6 is 22.9 Å². The van der Waals surface area contributed by atoms with E-state index in [0.29, 0.717) is 5.92 Å². The lowest BCUT2D eigenvalue weighted by Crippen LogP contribution is -1.98. The summed E-state index contributed by atoms with van der Waals surface area (Å²) in [5.41, 5.74) is 1.13. The molecule has 1 fully saturated rings. The lowest BCUT2D eigenvalue weighted by Gasteiger charge is -1.96. The summed E-state index contributed by atoms with van der Waals surface area (Å²) in [6.45, 7) is 4.90. The van der Waals surface area contributed by atoms with Gasteiger partial charge in [-0.3, -0.25) is 0 Å². The van der Waals surface area contributed by atoms with E-state index in [9.17, 15) is 0 Å². The number of thiazole rings is 1. The van der Waals surface area contributed by atoms with E-state index in [0.717, 1.165) is 28.2 Å². The highest BCUT2D eigenvalue weighted by Crippen LogP contribution is 2.39. The quantitative estimate of drug-likeness (QED) is 0.924. The Morgan fingerprint density at radius 3 is 2.76 bits per heavy atom. The fraction of sp³-hybridized carbons (Fsp3) is 0.545. The molecule has 1 aliphatic carbocycles. The molecule has 0 radical (unpaired) electrons. The van der Waals surface area contributed by atoms with Crippen molar-refractivity contribution < 1.29 is 0 Å². The molecule has 3 rings (SSSR count). The molecule has 4 nitrogen and oxygen atoms in total. The zero-order chi connectivity index (χ0) is 11.8. The second kappa shape index (κ2) is 4.34. The van der Waals surface area contributed by atoms with Crippen molar-refractivity contribution in [3.63, 3.8) is 0 Å². The average molecular weight is 266 g/mol. The third-order valence-corrected chi connectivity index (χ3v) is 4.61. The molecule has 0 saturated heterocycles. The first-order chi connectivity index (χ1) is 8.22. The van der Waals surface area contributed by atoms with Crippen molar-refractivity contribution in [3.05, 3.63) is 21.4 Å². The van der Waals surface area contributed by atoms with Crippen LogP contribution in [0.5, 0.6) is 0 Å². The Bertz CT molecular complexity index is 508. The van der Waals surface area contributed by atoms with Crippen LogP contribution in [0.2, 0.25) is 0 Å². The van der Waals surface area contributed by atoms with Gasteiger partial charge in [-0.2, -0.15) is 4.37 Å². The Hall–Kier alpha value is -1.01. The monoisotopic (exact) mass is 266 g/mol. The van der Waals surface area contributed by atoms with Crippen molar-refractivity contribution in [1.29, 1.82) is 0 Å². The number of aromatic nitrogens is 3. The Balaban J connectivity index is 1.62. The smallest absolute Gasteiger partial charge is 0.202 e. The highest BCUT2D eigenvalue weighted by Gasteiger charge is 2.27.